The molecule has 18 heavy (non-hydrogen) atoms. The number of likely N-dealkylation sites (tertiary alicyclic amines) is 1. The molecule has 0 aromatic carbocycles. The third kappa shape index (κ3) is 2.42. The summed E-state index contributed by atoms with van der Waals surface area (Å²) in [5.41, 5.74) is 6.56. The molecule has 0 spiro atoms. The Bertz CT molecular complexity index is 350. The molecule has 104 valence electrons. The molecule has 4 atom stereocenters. The van der Waals surface area contributed by atoms with Crippen molar-refractivity contribution in [2.45, 2.75) is 66.0 Å². The van der Waals surface area contributed by atoms with Gasteiger partial charge < -0.3 is 10.6 Å². The van der Waals surface area contributed by atoms with Crippen LogP contribution in [0.3, 0.4) is 0 Å². The van der Waals surface area contributed by atoms with E-state index in [-0.39, 0.29) is 17.9 Å². The van der Waals surface area contributed by atoms with Crippen molar-refractivity contribution in [3.05, 3.63) is 0 Å². The first kappa shape index (κ1) is 13.9. The highest BCUT2D eigenvalue weighted by Gasteiger charge is 2.51. The third-order valence-corrected chi connectivity index (χ3v) is 4.88. The Morgan fingerprint density at radius 1 is 1.28 bits per heavy atom. The quantitative estimate of drug-likeness (QED) is 0.820. The summed E-state index contributed by atoms with van der Waals surface area (Å²) in [6.07, 6.45) is 3.54. The number of fused-ring (bicyclic) bond motifs is 2. The summed E-state index contributed by atoms with van der Waals surface area (Å²) < 4.78 is 0. The summed E-state index contributed by atoms with van der Waals surface area (Å²) in [4.78, 5) is 14.7. The van der Waals surface area contributed by atoms with Crippen molar-refractivity contribution in [3.63, 3.8) is 0 Å². The van der Waals surface area contributed by atoms with E-state index in [0.29, 0.717) is 16.9 Å². The fourth-order valence-corrected chi connectivity index (χ4v) is 4.20. The average Bonchev–Trinajstić information content (AvgIpc) is 2.45. The molecule has 2 N–H and O–H groups in total. The molecule has 1 saturated heterocycles. The molecule has 2 bridgehead atoms. The molecule has 4 unspecified atom stereocenters. The van der Waals surface area contributed by atoms with Crippen molar-refractivity contribution in [3.8, 4) is 0 Å². The standard InChI is InChI=1S/C15H28N2O/c1-10(11(2)16)13(18)17-9-15(5)7-12(17)6-14(3,4)8-15/h10-12H,6-9,16H2,1-5H3. The summed E-state index contributed by atoms with van der Waals surface area (Å²) in [5, 5.41) is 0. The van der Waals surface area contributed by atoms with Crippen LogP contribution >= 0.6 is 0 Å². The fourth-order valence-electron chi connectivity index (χ4n) is 4.20. The Morgan fingerprint density at radius 3 is 2.44 bits per heavy atom. The van der Waals surface area contributed by atoms with E-state index in [1.165, 1.54) is 12.8 Å². The molecule has 2 aliphatic rings. The number of hydrogen-bond acceptors (Lipinski definition) is 2. The highest BCUT2D eigenvalue weighted by atomic mass is 16.2. The van der Waals surface area contributed by atoms with Gasteiger partial charge in [0, 0.05) is 18.6 Å². The topological polar surface area (TPSA) is 46.3 Å². The van der Waals surface area contributed by atoms with Crippen LogP contribution in [0.25, 0.3) is 0 Å². The Hall–Kier alpha value is -0.570. The Balaban J connectivity index is 2.16. The van der Waals surface area contributed by atoms with E-state index in [1.54, 1.807) is 0 Å². The number of amides is 1. The number of nitrogens with zero attached hydrogens (tertiary/aromatic N) is 1. The van der Waals surface area contributed by atoms with Crippen LogP contribution in [0.1, 0.15) is 53.9 Å². The zero-order chi connectivity index (χ0) is 13.7. The van der Waals surface area contributed by atoms with Crippen molar-refractivity contribution in [1.82, 2.24) is 4.90 Å². The Kier molecular flexibility index (Phi) is 3.25. The monoisotopic (exact) mass is 252 g/mol. The van der Waals surface area contributed by atoms with Crippen molar-refractivity contribution < 1.29 is 4.79 Å². The lowest BCUT2D eigenvalue weighted by Gasteiger charge is -2.39. The number of rotatable bonds is 2. The van der Waals surface area contributed by atoms with Gasteiger partial charge in [0.05, 0.1) is 5.92 Å². The maximum absolute atomic E-state index is 12.5. The van der Waals surface area contributed by atoms with Gasteiger partial charge in [-0.3, -0.25) is 4.79 Å². The predicted octanol–water partition coefficient (Wildman–Crippen LogP) is 2.40. The van der Waals surface area contributed by atoms with Gasteiger partial charge in [-0.1, -0.05) is 27.7 Å². The molecular formula is C15H28N2O. The van der Waals surface area contributed by atoms with Gasteiger partial charge >= 0.3 is 0 Å². The molecular weight excluding hydrogens is 224 g/mol. The molecule has 0 aromatic heterocycles. The van der Waals surface area contributed by atoms with Gasteiger partial charge in [-0.25, -0.2) is 0 Å². The van der Waals surface area contributed by atoms with Crippen LogP contribution < -0.4 is 5.73 Å². The summed E-state index contributed by atoms with van der Waals surface area (Å²) in [5.74, 6) is 0.201. The van der Waals surface area contributed by atoms with E-state index in [9.17, 15) is 4.79 Å². The molecule has 1 amide bonds. The molecule has 2 rings (SSSR count). The van der Waals surface area contributed by atoms with Gasteiger partial charge in [0.1, 0.15) is 0 Å². The van der Waals surface area contributed by atoms with Crippen LogP contribution in [0.4, 0.5) is 0 Å². The first-order valence-corrected chi connectivity index (χ1v) is 7.20. The third-order valence-electron chi connectivity index (χ3n) is 4.88. The van der Waals surface area contributed by atoms with Gasteiger partial charge in [-0.05, 0) is 37.0 Å². The van der Waals surface area contributed by atoms with Crippen molar-refractivity contribution in [2.24, 2.45) is 22.5 Å². The highest BCUT2D eigenvalue weighted by Crippen LogP contribution is 2.52. The second kappa shape index (κ2) is 4.22. The first-order valence-electron chi connectivity index (χ1n) is 7.20. The lowest BCUT2D eigenvalue weighted by atomic mass is 9.65. The van der Waals surface area contributed by atoms with Gasteiger partial charge in [0.25, 0.3) is 0 Å². The molecule has 1 aliphatic heterocycles. The Labute approximate surface area is 111 Å². The summed E-state index contributed by atoms with van der Waals surface area (Å²) in [6.45, 7) is 11.8. The number of nitrogens with two attached hydrogens (primary N) is 1. The van der Waals surface area contributed by atoms with E-state index < -0.39 is 0 Å². The molecule has 1 heterocycles. The maximum Gasteiger partial charge on any atom is 0.227 e. The van der Waals surface area contributed by atoms with E-state index in [4.69, 9.17) is 5.73 Å². The van der Waals surface area contributed by atoms with E-state index in [2.05, 4.69) is 25.7 Å². The van der Waals surface area contributed by atoms with E-state index >= 15 is 0 Å². The van der Waals surface area contributed by atoms with Gasteiger partial charge in [0.15, 0.2) is 0 Å². The number of carbonyl (C=O) groups is 1. The number of carbonyl (C=O) groups excluding carboxylic acids is 1. The van der Waals surface area contributed by atoms with Crippen LogP contribution in [-0.4, -0.2) is 29.4 Å². The summed E-state index contributed by atoms with van der Waals surface area (Å²) in [7, 11) is 0. The normalized spacial score (nSPS) is 37.4. The largest absolute Gasteiger partial charge is 0.339 e. The van der Waals surface area contributed by atoms with Crippen LogP contribution in [0.5, 0.6) is 0 Å². The minimum absolute atomic E-state index is 0.0567. The summed E-state index contributed by atoms with van der Waals surface area (Å²) in [6, 6.07) is 0.381. The van der Waals surface area contributed by atoms with Crippen LogP contribution in [0.2, 0.25) is 0 Å². The lowest BCUT2D eigenvalue weighted by molar-refractivity contribution is -0.136. The van der Waals surface area contributed by atoms with Gasteiger partial charge in [-0.2, -0.15) is 0 Å². The van der Waals surface area contributed by atoms with Gasteiger partial charge in [-0.15, -0.1) is 0 Å². The first-order chi connectivity index (χ1) is 8.14. The molecule has 0 radical (unpaired) electrons. The zero-order valence-electron chi connectivity index (χ0n) is 12.5. The van der Waals surface area contributed by atoms with Crippen LogP contribution in [0, 0.1) is 16.7 Å². The van der Waals surface area contributed by atoms with Crippen molar-refractivity contribution >= 4 is 5.91 Å². The second-order valence-corrected chi connectivity index (χ2v) is 7.83. The van der Waals surface area contributed by atoms with Crippen molar-refractivity contribution in [1.29, 1.82) is 0 Å². The fraction of sp³-hybridized carbons (Fsp3) is 0.933. The maximum atomic E-state index is 12.5. The Morgan fingerprint density at radius 2 is 1.89 bits per heavy atom. The zero-order valence-corrected chi connectivity index (χ0v) is 12.5. The second-order valence-electron chi connectivity index (χ2n) is 7.83. The molecule has 3 heteroatoms. The lowest BCUT2D eigenvalue weighted by Crippen LogP contribution is -2.44. The molecule has 0 aromatic rings. The molecule has 2 fully saturated rings. The van der Waals surface area contributed by atoms with Crippen LogP contribution in [-0.2, 0) is 4.79 Å². The smallest absolute Gasteiger partial charge is 0.227 e. The van der Waals surface area contributed by atoms with E-state index in [0.717, 1.165) is 13.0 Å². The molecule has 3 nitrogen and oxygen atoms in total. The minimum Gasteiger partial charge on any atom is -0.339 e. The SMILES string of the molecule is CC(N)C(C)C(=O)N1CC2(C)CC1CC(C)(C)C2. The minimum atomic E-state index is -0.0592. The van der Waals surface area contributed by atoms with Crippen molar-refractivity contribution in [2.75, 3.05) is 6.54 Å². The number of hydrogen-bond donors (Lipinski definition) is 1. The summed E-state index contributed by atoms with van der Waals surface area (Å²) >= 11 is 0. The van der Waals surface area contributed by atoms with Gasteiger partial charge in [0.2, 0.25) is 5.91 Å². The van der Waals surface area contributed by atoms with Crippen LogP contribution in [0.15, 0.2) is 0 Å². The molecule has 1 saturated carbocycles. The van der Waals surface area contributed by atoms with E-state index in [1.807, 2.05) is 13.8 Å². The highest BCUT2D eigenvalue weighted by molar-refractivity contribution is 5.80. The average molecular weight is 252 g/mol. The predicted molar refractivity (Wildman–Crippen MR) is 74.1 cm³/mol. The molecule has 1 aliphatic carbocycles.